The Kier molecular flexibility index (Phi) is 9.54. The maximum atomic E-state index is 14.6. The molecule has 3 rings (SSSR count). The van der Waals surface area contributed by atoms with Crippen LogP contribution in [0.3, 0.4) is 0 Å². The fourth-order valence-corrected chi connectivity index (χ4v) is 7.99. The Labute approximate surface area is 206 Å². The maximum absolute atomic E-state index is 14.6. The van der Waals surface area contributed by atoms with Gasteiger partial charge in [0.1, 0.15) is 0 Å². The third-order valence-corrected chi connectivity index (χ3v) is 10.2. The van der Waals surface area contributed by atoms with E-state index >= 15 is 0 Å². The van der Waals surface area contributed by atoms with Gasteiger partial charge in [-0.15, -0.1) is 0 Å². The molecule has 1 N–H and O–H groups in total. The van der Waals surface area contributed by atoms with E-state index in [1.807, 2.05) is 0 Å². The second kappa shape index (κ2) is 11.6. The maximum Gasteiger partial charge on any atom is 0.363 e. The third kappa shape index (κ3) is 6.85. The average molecular weight is 499 g/mol. The van der Waals surface area contributed by atoms with Gasteiger partial charge in [-0.3, -0.25) is 4.57 Å². The van der Waals surface area contributed by atoms with Crippen molar-refractivity contribution in [2.24, 2.45) is 35.5 Å². The first kappa shape index (κ1) is 27.2. The Morgan fingerprint density at radius 3 is 1.67 bits per heavy atom. The summed E-state index contributed by atoms with van der Waals surface area (Å²) in [5.74, 6) is 1.13. The number of aliphatic hydroxyl groups excluding tert-OH is 1. The van der Waals surface area contributed by atoms with Gasteiger partial charge in [0.2, 0.25) is 0 Å². The van der Waals surface area contributed by atoms with Gasteiger partial charge in [0.05, 0.1) is 12.2 Å². The Morgan fingerprint density at radius 1 is 0.848 bits per heavy atom. The zero-order valence-corrected chi connectivity index (χ0v) is 22.9. The van der Waals surface area contributed by atoms with Gasteiger partial charge in [-0.25, -0.2) is 0 Å². The van der Waals surface area contributed by atoms with Gasteiger partial charge in [-0.2, -0.15) is 0 Å². The zero-order chi connectivity index (χ0) is 24.3. The summed E-state index contributed by atoms with van der Waals surface area (Å²) in [6.07, 6.45) is 5.74. The van der Waals surface area contributed by atoms with Crippen molar-refractivity contribution >= 4 is 19.2 Å². The molecule has 0 unspecified atom stereocenters. The summed E-state index contributed by atoms with van der Waals surface area (Å²) in [4.78, 5) is 0. The topological polar surface area (TPSA) is 55.8 Å². The molecule has 1 aromatic rings. The molecule has 0 amide bonds. The molecule has 6 heteroatoms. The van der Waals surface area contributed by atoms with Crippen molar-refractivity contribution in [3.8, 4) is 0 Å². The molecule has 2 aliphatic rings. The first-order valence-corrected chi connectivity index (χ1v) is 14.9. The summed E-state index contributed by atoms with van der Waals surface area (Å²) >= 11 is 6.07. The van der Waals surface area contributed by atoms with E-state index in [4.69, 9.17) is 20.6 Å². The lowest BCUT2D eigenvalue weighted by atomic mass is 9.75. The minimum absolute atomic E-state index is 0.181. The van der Waals surface area contributed by atoms with Gasteiger partial charge in [0.15, 0.2) is 5.85 Å². The molecule has 2 fully saturated rings. The Hall–Kier alpha value is -0.380. The molecule has 2 aliphatic carbocycles. The number of aliphatic hydroxyl groups is 1. The van der Waals surface area contributed by atoms with Crippen LogP contribution in [-0.2, 0) is 13.6 Å². The first-order chi connectivity index (χ1) is 15.5. The largest absolute Gasteiger partial charge is 0.376 e. The van der Waals surface area contributed by atoms with Crippen molar-refractivity contribution in [2.45, 2.75) is 98.1 Å². The lowest BCUT2D eigenvalue weighted by molar-refractivity contribution is -0.0153. The summed E-state index contributed by atoms with van der Waals surface area (Å²) in [6, 6.07) is 6.87. The van der Waals surface area contributed by atoms with Crippen LogP contribution in [0.1, 0.15) is 91.5 Å². The van der Waals surface area contributed by atoms with Crippen molar-refractivity contribution < 1.29 is 18.7 Å². The van der Waals surface area contributed by atoms with Crippen LogP contribution in [0.4, 0.5) is 0 Å². The smallest absolute Gasteiger partial charge is 0.363 e. The number of halogens is 1. The van der Waals surface area contributed by atoms with Crippen LogP contribution in [0.15, 0.2) is 24.3 Å². The van der Waals surface area contributed by atoms with Crippen molar-refractivity contribution in [1.29, 1.82) is 0 Å². The van der Waals surface area contributed by atoms with Gasteiger partial charge in [-0.05, 0) is 78.9 Å². The van der Waals surface area contributed by atoms with Crippen molar-refractivity contribution in [1.82, 2.24) is 0 Å². The minimum Gasteiger partial charge on any atom is -0.376 e. The van der Waals surface area contributed by atoms with E-state index < -0.39 is 13.4 Å². The van der Waals surface area contributed by atoms with Crippen molar-refractivity contribution in [2.75, 3.05) is 0 Å². The van der Waals surface area contributed by atoms with E-state index in [1.165, 1.54) is 0 Å². The summed E-state index contributed by atoms with van der Waals surface area (Å²) in [6.45, 7) is 13.3. The van der Waals surface area contributed by atoms with Crippen LogP contribution in [0.25, 0.3) is 0 Å². The van der Waals surface area contributed by atoms with E-state index in [9.17, 15) is 9.67 Å². The molecule has 2 saturated carbocycles. The predicted molar refractivity (Wildman–Crippen MR) is 136 cm³/mol. The Bertz CT molecular complexity index is 758. The third-order valence-electron chi connectivity index (χ3n) is 7.95. The van der Waals surface area contributed by atoms with Gasteiger partial charge in [0.25, 0.3) is 0 Å². The van der Waals surface area contributed by atoms with Crippen LogP contribution in [0.2, 0.25) is 5.02 Å². The van der Waals surface area contributed by atoms with E-state index in [-0.39, 0.29) is 12.2 Å². The van der Waals surface area contributed by atoms with Crippen molar-refractivity contribution in [3.05, 3.63) is 34.9 Å². The van der Waals surface area contributed by atoms with Crippen molar-refractivity contribution in [3.63, 3.8) is 0 Å². The number of benzene rings is 1. The van der Waals surface area contributed by atoms with Gasteiger partial charge >= 0.3 is 7.60 Å². The zero-order valence-electron chi connectivity index (χ0n) is 21.2. The van der Waals surface area contributed by atoms with Gasteiger partial charge in [-0.1, -0.05) is 78.1 Å². The average Bonchev–Trinajstić information content (AvgIpc) is 2.73. The molecular weight excluding hydrogens is 455 g/mol. The van der Waals surface area contributed by atoms with E-state index in [0.29, 0.717) is 46.1 Å². The van der Waals surface area contributed by atoms with Crippen LogP contribution in [0.5, 0.6) is 0 Å². The lowest BCUT2D eigenvalue weighted by Gasteiger charge is -2.42. The van der Waals surface area contributed by atoms with E-state index in [0.717, 1.165) is 38.5 Å². The van der Waals surface area contributed by atoms with E-state index in [2.05, 4.69) is 41.5 Å². The molecule has 7 atom stereocenters. The molecule has 0 heterocycles. The highest BCUT2D eigenvalue weighted by atomic mass is 35.5. The molecule has 0 spiro atoms. The van der Waals surface area contributed by atoms with Crippen LogP contribution in [-0.4, -0.2) is 17.3 Å². The van der Waals surface area contributed by atoms with Gasteiger partial charge in [0, 0.05) is 5.02 Å². The number of hydrogen-bond donors (Lipinski definition) is 1. The molecule has 0 saturated heterocycles. The van der Waals surface area contributed by atoms with E-state index in [1.54, 1.807) is 24.3 Å². The quantitative estimate of drug-likeness (QED) is 0.365. The second-order valence-electron chi connectivity index (χ2n) is 11.4. The van der Waals surface area contributed by atoms with Crippen LogP contribution < -0.4 is 0 Å². The lowest BCUT2D eigenvalue weighted by Crippen LogP contribution is -2.37. The standard InChI is InChI=1S/C27H44ClO4P/c1-17(2)23-13-7-19(5)15-25(23)31-33(30,27(29)21-9-11-22(28)12-10-21)32-26-16-20(6)8-14-24(26)18(3)4/h9-12,17-20,23-27,29H,7-8,13-16H2,1-6H3/t19-,20-,23-,24-,25-,26-,27-/m1/s1. The molecule has 0 aromatic heterocycles. The summed E-state index contributed by atoms with van der Waals surface area (Å²) < 4.78 is 27.5. The minimum atomic E-state index is -3.88. The summed E-state index contributed by atoms with van der Waals surface area (Å²) in [5, 5.41) is 12.0. The molecule has 0 aliphatic heterocycles. The Morgan fingerprint density at radius 2 is 1.27 bits per heavy atom. The van der Waals surface area contributed by atoms with Crippen LogP contribution in [0, 0.1) is 35.5 Å². The molecule has 1 aromatic carbocycles. The first-order valence-electron chi connectivity index (χ1n) is 12.9. The number of hydrogen-bond acceptors (Lipinski definition) is 4. The highest BCUT2D eigenvalue weighted by Crippen LogP contribution is 2.64. The monoisotopic (exact) mass is 498 g/mol. The highest BCUT2D eigenvalue weighted by molar-refractivity contribution is 7.54. The van der Waals surface area contributed by atoms with Gasteiger partial charge < -0.3 is 14.2 Å². The molecule has 188 valence electrons. The molecule has 0 bridgehead atoms. The normalized spacial score (nSPS) is 32.3. The summed E-state index contributed by atoms with van der Waals surface area (Å²) in [5.41, 5.74) is 0.526. The summed E-state index contributed by atoms with van der Waals surface area (Å²) in [7, 11) is -3.88. The molecular formula is C27H44ClO4P. The molecule has 0 radical (unpaired) electrons. The SMILES string of the molecule is CC(C)[C@H]1CC[C@@H](C)C[C@H]1OP(=O)(O[C@@H]1C[C@H](C)CC[C@@H]1C(C)C)[C@@H](O)c1ccc(Cl)cc1. The molecule has 4 nitrogen and oxygen atoms in total. The second-order valence-corrected chi connectivity index (χ2v) is 13.8. The Balaban J connectivity index is 1.94. The highest BCUT2D eigenvalue weighted by Gasteiger charge is 2.46. The molecule has 33 heavy (non-hydrogen) atoms. The fourth-order valence-electron chi connectivity index (χ4n) is 5.81. The predicted octanol–water partition coefficient (Wildman–Crippen LogP) is 8.48. The van der Waals surface area contributed by atoms with Crippen LogP contribution >= 0.6 is 19.2 Å². The fraction of sp³-hybridized carbons (Fsp3) is 0.778. The number of rotatable bonds is 8.